The van der Waals surface area contributed by atoms with Gasteiger partial charge >= 0.3 is 0 Å². The molecule has 0 bridgehead atoms. The van der Waals surface area contributed by atoms with Crippen molar-refractivity contribution in [1.29, 1.82) is 0 Å². The highest BCUT2D eigenvalue weighted by Gasteiger charge is 2.18. The van der Waals surface area contributed by atoms with Gasteiger partial charge in [-0.05, 0) is 23.3 Å². The Balaban J connectivity index is 1.43. The molecule has 4 rings (SSSR count). The zero-order valence-electron chi connectivity index (χ0n) is 15.9. The quantitative estimate of drug-likeness (QED) is 0.466. The molecule has 6 nitrogen and oxygen atoms in total. The van der Waals surface area contributed by atoms with Crippen LogP contribution < -0.4 is 10.6 Å². The van der Waals surface area contributed by atoms with Crippen molar-refractivity contribution in [3.8, 4) is 0 Å². The van der Waals surface area contributed by atoms with E-state index in [0.29, 0.717) is 10.8 Å². The zero-order valence-corrected chi connectivity index (χ0v) is 16.8. The van der Waals surface area contributed by atoms with Crippen LogP contribution in [-0.2, 0) is 11.2 Å². The number of furan rings is 1. The maximum Gasteiger partial charge on any atom is 0.293 e. The highest BCUT2D eigenvalue weighted by Crippen LogP contribution is 2.22. The van der Waals surface area contributed by atoms with Crippen molar-refractivity contribution in [1.82, 2.24) is 10.3 Å². The van der Waals surface area contributed by atoms with E-state index in [0.717, 1.165) is 11.1 Å². The number of benzene rings is 2. The van der Waals surface area contributed by atoms with E-state index in [1.807, 2.05) is 60.7 Å². The van der Waals surface area contributed by atoms with Crippen LogP contribution >= 0.6 is 11.3 Å². The van der Waals surface area contributed by atoms with Gasteiger partial charge in [-0.2, -0.15) is 0 Å². The Bertz CT molecular complexity index is 1070. The summed E-state index contributed by atoms with van der Waals surface area (Å²) >= 11 is 1.26. The molecule has 0 atom stereocenters. The SMILES string of the molecule is O=C(Cc1csc(NC(=O)c2ccco2)n1)NC(c1ccccc1)c1ccccc1. The van der Waals surface area contributed by atoms with Crippen LogP contribution in [0.4, 0.5) is 5.13 Å². The highest BCUT2D eigenvalue weighted by atomic mass is 32.1. The Morgan fingerprint density at radius 2 is 1.60 bits per heavy atom. The van der Waals surface area contributed by atoms with Crippen molar-refractivity contribution < 1.29 is 14.0 Å². The summed E-state index contributed by atoms with van der Waals surface area (Å²) in [5.74, 6) is -0.321. The fraction of sp³-hybridized carbons (Fsp3) is 0.0870. The average molecular weight is 417 g/mol. The molecule has 0 saturated carbocycles. The van der Waals surface area contributed by atoms with Gasteiger partial charge in [-0.3, -0.25) is 14.9 Å². The molecule has 0 aliphatic carbocycles. The molecule has 0 radical (unpaired) electrons. The van der Waals surface area contributed by atoms with E-state index < -0.39 is 0 Å². The summed E-state index contributed by atoms with van der Waals surface area (Å²) in [4.78, 5) is 29.1. The number of amides is 2. The van der Waals surface area contributed by atoms with E-state index in [4.69, 9.17) is 4.42 Å². The van der Waals surface area contributed by atoms with E-state index in [9.17, 15) is 9.59 Å². The van der Waals surface area contributed by atoms with Gasteiger partial charge in [0.2, 0.25) is 5.91 Å². The number of nitrogens with one attached hydrogen (secondary N) is 2. The van der Waals surface area contributed by atoms with Gasteiger partial charge in [0.05, 0.1) is 24.4 Å². The van der Waals surface area contributed by atoms with Gasteiger partial charge in [-0.25, -0.2) is 4.98 Å². The largest absolute Gasteiger partial charge is 0.459 e. The second kappa shape index (κ2) is 9.19. The Labute approximate surface area is 177 Å². The highest BCUT2D eigenvalue weighted by molar-refractivity contribution is 7.14. The number of carbonyl (C=O) groups is 2. The summed E-state index contributed by atoms with van der Waals surface area (Å²) in [7, 11) is 0. The lowest BCUT2D eigenvalue weighted by atomic mass is 9.98. The number of nitrogens with zero attached hydrogens (tertiary/aromatic N) is 1. The van der Waals surface area contributed by atoms with E-state index in [1.165, 1.54) is 17.6 Å². The van der Waals surface area contributed by atoms with Crippen LogP contribution in [0.3, 0.4) is 0 Å². The molecule has 2 aromatic carbocycles. The topological polar surface area (TPSA) is 84.2 Å². The second-order valence-corrected chi connectivity index (χ2v) is 7.43. The summed E-state index contributed by atoms with van der Waals surface area (Å²) < 4.78 is 5.07. The molecule has 2 aromatic heterocycles. The first-order valence-corrected chi connectivity index (χ1v) is 10.3. The number of carbonyl (C=O) groups excluding carboxylic acids is 2. The molecular formula is C23H19N3O3S. The van der Waals surface area contributed by atoms with Crippen molar-refractivity contribution >= 4 is 28.3 Å². The summed E-state index contributed by atoms with van der Waals surface area (Å²) in [5.41, 5.74) is 2.59. The number of hydrogen-bond donors (Lipinski definition) is 2. The number of anilines is 1. The molecule has 150 valence electrons. The number of thiazole rings is 1. The molecule has 0 fully saturated rings. The van der Waals surface area contributed by atoms with Crippen LogP contribution in [-0.4, -0.2) is 16.8 Å². The van der Waals surface area contributed by atoms with Crippen molar-refractivity contribution in [2.24, 2.45) is 0 Å². The minimum Gasteiger partial charge on any atom is -0.459 e. The monoisotopic (exact) mass is 417 g/mol. The first kappa shape index (κ1) is 19.6. The van der Waals surface area contributed by atoms with Crippen LogP contribution in [0.1, 0.15) is 33.4 Å². The number of aromatic nitrogens is 1. The Morgan fingerprint density at radius 1 is 0.933 bits per heavy atom. The van der Waals surface area contributed by atoms with Crippen molar-refractivity contribution in [3.63, 3.8) is 0 Å². The standard InChI is InChI=1S/C23H19N3O3S/c27-20(14-18-15-30-23(24-18)26-22(28)19-12-7-13-29-19)25-21(16-8-3-1-4-9-16)17-10-5-2-6-11-17/h1-13,15,21H,14H2,(H,25,27)(H,24,26,28). The zero-order chi connectivity index (χ0) is 20.8. The van der Waals surface area contributed by atoms with Crippen LogP contribution in [0.2, 0.25) is 0 Å². The second-order valence-electron chi connectivity index (χ2n) is 6.57. The van der Waals surface area contributed by atoms with Gasteiger partial charge in [0.15, 0.2) is 10.9 Å². The van der Waals surface area contributed by atoms with E-state index in [2.05, 4.69) is 15.6 Å². The first-order chi connectivity index (χ1) is 14.7. The minimum absolute atomic E-state index is 0.114. The lowest BCUT2D eigenvalue weighted by molar-refractivity contribution is -0.121. The molecule has 4 aromatic rings. The predicted octanol–water partition coefficient (Wildman–Crippen LogP) is 4.44. The van der Waals surface area contributed by atoms with Gasteiger partial charge in [0.1, 0.15) is 0 Å². The Kier molecular flexibility index (Phi) is 6.01. The third-order valence-electron chi connectivity index (χ3n) is 4.43. The van der Waals surface area contributed by atoms with E-state index >= 15 is 0 Å². The number of rotatable bonds is 7. The van der Waals surface area contributed by atoms with Gasteiger partial charge in [0, 0.05) is 5.38 Å². The third kappa shape index (κ3) is 4.82. The van der Waals surface area contributed by atoms with Crippen molar-refractivity contribution in [2.75, 3.05) is 5.32 Å². The molecule has 30 heavy (non-hydrogen) atoms. The van der Waals surface area contributed by atoms with Gasteiger partial charge < -0.3 is 9.73 Å². The molecule has 0 spiro atoms. The molecule has 0 aliphatic heterocycles. The van der Waals surface area contributed by atoms with E-state index in [1.54, 1.807) is 17.5 Å². The molecule has 7 heteroatoms. The third-order valence-corrected chi connectivity index (χ3v) is 5.24. The van der Waals surface area contributed by atoms with Gasteiger partial charge in [-0.1, -0.05) is 60.7 Å². The maximum absolute atomic E-state index is 12.7. The molecule has 0 saturated heterocycles. The van der Waals surface area contributed by atoms with Crippen LogP contribution in [0.15, 0.2) is 88.9 Å². The summed E-state index contributed by atoms with van der Waals surface area (Å²) in [6.07, 6.45) is 1.55. The summed E-state index contributed by atoms with van der Waals surface area (Å²) in [6, 6.07) is 22.6. The molecule has 2 amide bonds. The molecule has 0 aliphatic rings. The lowest BCUT2D eigenvalue weighted by Gasteiger charge is -2.19. The first-order valence-electron chi connectivity index (χ1n) is 9.37. The van der Waals surface area contributed by atoms with E-state index in [-0.39, 0.29) is 30.0 Å². The predicted molar refractivity (Wildman–Crippen MR) is 115 cm³/mol. The van der Waals surface area contributed by atoms with Gasteiger partial charge in [0.25, 0.3) is 5.91 Å². The lowest BCUT2D eigenvalue weighted by Crippen LogP contribution is -2.30. The molecular weight excluding hydrogens is 398 g/mol. The fourth-order valence-electron chi connectivity index (χ4n) is 3.04. The van der Waals surface area contributed by atoms with Crippen LogP contribution in [0, 0.1) is 0 Å². The smallest absolute Gasteiger partial charge is 0.293 e. The normalized spacial score (nSPS) is 10.7. The molecule has 2 N–H and O–H groups in total. The summed E-state index contributed by atoms with van der Waals surface area (Å²) in [5, 5.41) is 7.95. The van der Waals surface area contributed by atoms with Gasteiger partial charge in [-0.15, -0.1) is 11.3 Å². The van der Waals surface area contributed by atoms with Crippen molar-refractivity contribution in [2.45, 2.75) is 12.5 Å². The Morgan fingerprint density at radius 3 is 2.20 bits per heavy atom. The molecule has 0 unspecified atom stereocenters. The molecule has 2 heterocycles. The minimum atomic E-state index is -0.376. The van der Waals surface area contributed by atoms with Crippen molar-refractivity contribution in [3.05, 3.63) is 107 Å². The number of hydrogen-bond acceptors (Lipinski definition) is 5. The van der Waals surface area contributed by atoms with Crippen LogP contribution in [0.5, 0.6) is 0 Å². The Hall–Kier alpha value is -3.71. The fourth-order valence-corrected chi connectivity index (χ4v) is 3.74. The summed E-state index contributed by atoms with van der Waals surface area (Å²) in [6.45, 7) is 0. The van der Waals surface area contributed by atoms with Crippen LogP contribution in [0.25, 0.3) is 0 Å². The average Bonchev–Trinajstić information content (AvgIpc) is 3.46. The maximum atomic E-state index is 12.7.